The molecule has 11 nitrogen and oxygen atoms in total. The Kier molecular flexibility index (Phi) is 8.81. The number of hydrogen-bond acceptors (Lipinski definition) is 8. The van der Waals surface area contributed by atoms with Crippen molar-refractivity contribution in [3.8, 4) is 11.5 Å². The average Bonchev–Trinajstić information content (AvgIpc) is 3.52. The minimum Gasteiger partial charge on any atom is -0.436 e. The number of ether oxygens (including phenoxy) is 1. The zero-order chi connectivity index (χ0) is 26.3. The fourth-order valence-corrected chi connectivity index (χ4v) is 3.49. The summed E-state index contributed by atoms with van der Waals surface area (Å²) < 4.78 is 11.6. The standard InChI is InChI=1S/C25H34N6O5/c1-6-7-8-17(19(32)21(33)28-18-13-14-26-29-18)27-24(34)35-20(25(3,4)5)23-31-30-22(36-23)16-11-9-15(2)10-12-16/h9-14,17,19-20,32H,6-8H2,1-5H3,(H,27,34)(H2,26,28,29,33)/t17-,19+,20-/m0/s1. The highest BCUT2D eigenvalue weighted by atomic mass is 16.6. The third-order valence-electron chi connectivity index (χ3n) is 5.56. The molecular weight excluding hydrogens is 464 g/mol. The highest BCUT2D eigenvalue weighted by Crippen LogP contribution is 2.36. The first kappa shape index (κ1) is 26.9. The van der Waals surface area contributed by atoms with E-state index in [-0.39, 0.29) is 5.89 Å². The molecular formula is C25H34N6O5. The molecule has 2 heterocycles. The zero-order valence-corrected chi connectivity index (χ0v) is 21.2. The maximum atomic E-state index is 12.9. The fraction of sp³-hybridized carbons (Fsp3) is 0.480. The number of anilines is 1. The van der Waals surface area contributed by atoms with Crippen molar-refractivity contribution in [2.45, 2.75) is 72.1 Å². The Balaban J connectivity index is 1.72. The van der Waals surface area contributed by atoms with Crippen molar-refractivity contribution in [1.29, 1.82) is 0 Å². The van der Waals surface area contributed by atoms with Crippen LogP contribution in [0.4, 0.5) is 10.6 Å². The van der Waals surface area contributed by atoms with Crippen LogP contribution in [0.1, 0.15) is 64.5 Å². The lowest BCUT2D eigenvalue weighted by Crippen LogP contribution is -2.49. The van der Waals surface area contributed by atoms with Crippen LogP contribution >= 0.6 is 0 Å². The molecule has 3 atom stereocenters. The third kappa shape index (κ3) is 7.14. The number of unbranched alkanes of at least 4 members (excludes halogenated alkanes) is 1. The van der Waals surface area contributed by atoms with Crippen LogP contribution in [0.15, 0.2) is 40.9 Å². The second kappa shape index (κ2) is 11.8. The lowest BCUT2D eigenvalue weighted by molar-refractivity contribution is -0.125. The molecule has 0 spiro atoms. The molecule has 1 aromatic carbocycles. The first-order chi connectivity index (χ1) is 17.1. The monoisotopic (exact) mass is 498 g/mol. The molecule has 0 aliphatic heterocycles. The van der Waals surface area contributed by atoms with Crippen molar-refractivity contribution in [3.63, 3.8) is 0 Å². The quantitative estimate of drug-likeness (QED) is 0.325. The van der Waals surface area contributed by atoms with Gasteiger partial charge in [0.05, 0.1) is 12.2 Å². The number of nitrogens with zero attached hydrogens (tertiary/aromatic N) is 3. The van der Waals surface area contributed by atoms with E-state index in [4.69, 9.17) is 9.15 Å². The van der Waals surface area contributed by atoms with Crippen molar-refractivity contribution in [1.82, 2.24) is 25.7 Å². The van der Waals surface area contributed by atoms with E-state index in [0.717, 1.165) is 17.5 Å². The number of benzene rings is 1. The molecule has 0 aliphatic rings. The SMILES string of the molecule is CCCC[C@H](NC(=O)O[C@@H](c1nnc(-c2ccc(C)cc2)o1)C(C)(C)C)[C@@H](O)C(=O)Nc1ccn[nH]1. The number of carbonyl (C=O) groups is 2. The Morgan fingerprint density at radius 2 is 1.89 bits per heavy atom. The summed E-state index contributed by atoms with van der Waals surface area (Å²) in [4.78, 5) is 25.4. The van der Waals surface area contributed by atoms with Gasteiger partial charge in [0.15, 0.2) is 12.2 Å². The molecule has 3 rings (SSSR count). The van der Waals surface area contributed by atoms with E-state index < -0.39 is 35.7 Å². The molecule has 4 N–H and O–H groups in total. The van der Waals surface area contributed by atoms with Gasteiger partial charge >= 0.3 is 6.09 Å². The summed E-state index contributed by atoms with van der Waals surface area (Å²) in [6.07, 6.45) is 0.174. The fourth-order valence-electron chi connectivity index (χ4n) is 3.49. The topological polar surface area (TPSA) is 155 Å². The number of H-pyrrole nitrogens is 1. The minimum atomic E-state index is -1.50. The van der Waals surface area contributed by atoms with Gasteiger partial charge in [-0.05, 0) is 25.5 Å². The number of aliphatic hydroxyl groups is 1. The molecule has 0 saturated heterocycles. The van der Waals surface area contributed by atoms with E-state index in [2.05, 4.69) is 31.0 Å². The van der Waals surface area contributed by atoms with E-state index in [0.29, 0.717) is 24.6 Å². The Hall–Kier alpha value is -3.73. The van der Waals surface area contributed by atoms with E-state index in [1.165, 1.54) is 6.20 Å². The van der Waals surface area contributed by atoms with Gasteiger partial charge in [0.1, 0.15) is 5.82 Å². The van der Waals surface area contributed by atoms with E-state index in [1.54, 1.807) is 6.07 Å². The van der Waals surface area contributed by atoms with E-state index in [1.807, 2.05) is 58.9 Å². The summed E-state index contributed by atoms with van der Waals surface area (Å²) >= 11 is 0. The number of aliphatic hydroxyl groups excluding tert-OH is 1. The Morgan fingerprint density at radius 3 is 2.50 bits per heavy atom. The van der Waals surface area contributed by atoms with Gasteiger partial charge in [0.25, 0.3) is 11.8 Å². The van der Waals surface area contributed by atoms with Gasteiger partial charge in [-0.3, -0.25) is 9.89 Å². The summed E-state index contributed by atoms with van der Waals surface area (Å²) in [5.74, 6) is 0.128. The number of amides is 2. The van der Waals surface area contributed by atoms with Crippen LogP contribution in [0.5, 0.6) is 0 Å². The van der Waals surface area contributed by atoms with Crippen LogP contribution in [-0.2, 0) is 9.53 Å². The Bertz CT molecular complexity index is 1120. The van der Waals surface area contributed by atoms with Crippen molar-refractivity contribution < 1.29 is 23.8 Å². The molecule has 0 aliphatic carbocycles. The summed E-state index contributed by atoms with van der Waals surface area (Å²) in [5, 5.41) is 30.4. The summed E-state index contributed by atoms with van der Waals surface area (Å²) in [6.45, 7) is 9.59. The second-order valence-electron chi connectivity index (χ2n) is 9.76. The molecule has 2 aromatic heterocycles. The lowest BCUT2D eigenvalue weighted by atomic mass is 9.89. The predicted octanol–water partition coefficient (Wildman–Crippen LogP) is 4.14. The molecule has 194 valence electrons. The second-order valence-corrected chi connectivity index (χ2v) is 9.76. The van der Waals surface area contributed by atoms with Crippen LogP contribution in [0, 0.1) is 12.3 Å². The molecule has 2 amide bonds. The maximum Gasteiger partial charge on any atom is 0.408 e. The summed E-state index contributed by atoms with van der Waals surface area (Å²) in [7, 11) is 0. The van der Waals surface area contributed by atoms with Gasteiger partial charge in [-0.1, -0.05) is 58.2 Å². The number of carbonyl (C=O) groups excluding carboxylic acids is 2. The molecule has 0 fully saturated rings. The molecule has 36 heavy (non-hydrogen) atoms. The van der Waals surface area contributed by atoms with E-state index in [9.17, 15) is 14.7 Å². The smallest absolute Gasteiger partial charge is 0.408 e. The number of nitrogens with one attached hydrogen (secondary N) is 3. The first-order valence-electron chi connectivity index (χ1n) is 11.9. The summed E-state index contributed by atoms with van der Waals surface area (Å²) in [6, 6.07) is 8.31. The van der Waals surface area contributed by atoms with Gasteiger partial charge < -0.3 is 24.9 Å². The number of hydrogen-bond donors (Lipinski definition) is 4. The zero-order valence-electron chi connectivity index (χ0n) is 21.2. The minimum absolute atomic E-state index is 0.149. The largest absolute Gasteiger partial charge is 0.436 e. The predicted molar refractivity (Wildman–Crippen MR) is 133 cm³/mol. The van der Waals surface area contributed by atoms with Crippen molar-refractivity contribution >= 4 is 17.8 Å². The lowest BCUT2D eigenvalue weighted by Gasteiger charge is -2.29. The van der Waals surface area contributed by atoms with Crippen molar-refractivity contribution in [2.75, 3.05) is 5.32 Å². The maximum absolute atomic E-state index is 12.9. The Morgan fingerprint density at radius 1 is 1.17 bits per heavy atom. The number of aromatic nitrogens is 4. The average molecular weight is 499 g/mol. The van der Waals surface area contributed by atoms with Crippen LogP contribution in [0.25, 0.3) is 11.5 Å². The highest BCUT2D eigenvalue weighted by molar-refractivity contribution is 5.94. The van der Waals surface area contributed by atoms with Gasteiger partial charge in [-0.2, -0.15) is 5.10 Å². The van der Waals surface area contributed by atoms with Gasteiger partial charge in [0.2, 0.25) is 5.89 Å². The molecule has 11 heteroatoms. The van der Waals surface area contributed by atoms with Gasteiger partial charge in [-0.25, -0.2) is 4.79 Å². The van der Waals surface area contributed by atoms with Crippen LogP contribution < -0.4 is 10.6 Å². The van der Waals surface area contributed by atoms with Crippen molar-refractivity contribution in [2.24, 2.45) is 5.41 Å². The van der Waals surface area contributed by atoms with Crippen LogP contribution in [0.2, 0.25) is 0 Å². The van der Waals surface area contributed by atoms with Gasteiger partial charge in [-0.15, -0.1) is 10.2 Å². The molecule has 0 saturated carbocycles. The normalized spacial score (nSPS) is 14.1. The molecule has 0 bridgehead atoms. The number of aryl methyl sites for hydroxylation is 1. The summed E-state index contributed by atoms with van der Waals surface area (Å²) in [5.41, 5.74) is 1.27. The number of alkyl carbamates (subject to hydrolysis) is 1. The number of rotatable bonds is 10. The van der Waals surface area contributed by atoms with E-state index >= 15 is 0 Å². The molecule has 0 unspecified atom stereocenters. The van der Waals surface area contributed by atoms with Crippen LogP contribution in [0.3, 0.4) is 0 Å². The van der Waals surface area contributed by atoms with Crippen molar-refractivity contribution in [3.05, 3.63) is 48.0 Å². The molecule has 3 aromatic rings. The van der Waals surface area contributed by atoms with Crippen LogP contribution in [-0.4, -0.2) is 49.6 Å². The third-order valence-corrected chi connectivity index (χ3v) is 5.56. The Labute approximate surface area is 210 Å². The highest BCUT2D eigenvalue weighted by Gasteiger charge is 2.36. The molecule has 0 radical (unpaired) electrons. The first-order valence-corrected chi connectivity index (χ1v) is 11.9. The van der Waals surface area contributed by atoms with Gasteiger partial charge in [0, 0.05) is 17.0 Å². The number of aromatic amines is 1.